The van der Waals surface area contributed by atoms with Gasteiger partial charge in [0.2, 0.25) is 0 Å². The van der Waals surface area contributed by atoms with Crippen molar-refractivity contribution in [2.24, 2.45) is 0 Å². The first-order valence-electron chi connectivity index (χ1n) is 8.47. The van der Waals surface area contributed by atoms with Gasteiger partial charge in [-0.3, -0.25) is 4.79 Å². The maximum atomic E-state index is 12.3. The summed E-state index contributed by atoms with van der Waals surface area (Å²) in [5.74, 6) is -0.534. The second kappa shape index (κ2) is 7.83. The Morgan fingerprint density at radius 2 is 1.76 bits per heavy atom. The predicted molar refractivity (Wildman–Crippen MR) is 96.9 cm³/mol. The second-order valence-corrected chi connectivity index (χ2v) is 6.10. The molecular formula is C20H22N2O3. The minimum Gasteiger partial charge on any atom is -0.465 e. The van der Waals surface area contributed by atoms with E-state index in [4.69, 9.17) is 0 Å². The molecule has 0 radical (unpaired) electrons. The van der Waals surface area contributed by atoms with Gasteiger partial charge in [0, 0.05) is 30.4 Å². The minimum absolute atomic E-state index is 0.128. The lowest BCUT2D eigenvalue weighted by Gasteiger charge is -2.27. The number of nitrogens with one attached hydrogen (secondary N) is 1. The molecule has 5 nitrogen and oxygen atoms in total. The molecule has 1 N–H and O–H groups in total. The van der Waals surface area contributed by atoms with E-state index in [1.807, 2.05) is 18.2 Å². The van der Waals surface area contributed by atoms with Crippen molar-refractivity contribution in [3.05, 3.63) is 65.7 Å². The van der Waals surface area contributed by atoms with Crippen molar-refractivity contribution < 1.29 is 14.3 Å². The number of carbonyl (C=O) groups is 2. The Morgan fingerprint density at radius 1 is 1.08 bits per heavy atom. The van der Waals surface area contributed by atoms with Gasteiger partial charge < -0.3 is 15.0 Å². The average Bonchev–Trinajstić information content (AvgIpc) is 3.15. The average molecular weight is 338 g/mol. The van der Waals surface area contributed by atoms with Crippen LogP contribution in [0.25, 0.3) is 0 Å². The van der Waals surface area contributed by atoms with Crippen molar-refractivity contribution in [3.63, 3.8) is 0 Å². The van der Waals surface area contributed by atoms with Crippen LogP contribution in [0.2, 0.25) is 0 Å². The Hall–Kier alpha value is -2.82. The van der Waals surface area contributed by atoms with E-state index in [9.17, 15) is 9.59 Å². The molecule has 0 bridgehead atoms. The summed E-state index contributed by atoms with van der Waals surface area (Å²) in [6.07, 6.45) is 2.19. The third-order valence-corrected chi connectivity index (χ3v) is 4.53. The van der Waals surface area contributed by atoms with Crippen LogP contribution < -0.4 is 10.2 Å². The summed E-state index contributed by atoms with van der Waals surface area (Å²) in [4.78, 5) is 26.1. The minimum atomic E-state index is -0.406. The SMILES string of the molecule is COC(=O)c1ccc(C(=O)NCC2CCCN2c2ccccc2)cc1. The summed E-state index contributed by atoms with van der Waals surface area (Å²) in [6.45, 7) is 1.62. The lowest BCUT2D eigenvalue weighted by molar-refractivity contribution is 0.0600. The second-order valence-electron chi connectivity index (χ2n) is 6.10. The van der Waals surface area contributed by atoms with Crippen LogP contribution in [0.1, 0.15) is 33.6 Å². The number of para-hydroxylation sites is 1. The van der Waals surface area contributed by atoms with Crippen molar-refractivity contribution in [1.82, 2.24) is 5.32 Å². The summed E-state index contributed by atoms with van der Waals surface area (Å²) in [6, 6.07) is 17.1. The molecule has 1 unspecified atom stereocenters. The number of carbonyl (C=O) groups excluding carboxylic acids is 2. The standard InChI is InChI=1S/C20H22N2O3/c1-25-20(24)16-11-9-15(10-12-16)19(23)21-14-18-8-5-13-22(18)17-6-3-2-4-7-17/h2-4,6-7,9-12,18H,5,8,13-14H2,1H3,(H,21,23). The van der Waals surface area contributed by atoms with Gasteiger partial charge in [-0.05, 0) is 49.2 Å². The van der Waals surface area contributed by atoms with E-state index in [1.165, 1.54) is 12.8 Å². The van der Waals surface area contributed by atoms with Gasteiger partial charge in [0.05, 0.1) is 12.7 Å². The molecule has 1 aliphatic rings. The quantitative estimate of drug-likeness (QED) is 0.852. The molecule has 1 fully saturated rings. The van der Waals surface area contributed by atoms with Crippen molar-refractivity contribution in [3.8, 4) is 0 Å². The zero-order chi connectivity index (χ0) is 17.6. The van der Waals surface area contributed by atoms with Crippen LogP contribution in [-0.4, -0.2) is 38.1 Å². The maximum Gasteiger partial charge on any atom is 0.337 e. The highest BCUT2D eigenvalue weighted by atomic mass is 16.5. The summed E-state index contributed by atoms with van der Waals surface area (Å²) < 4.78 is 4.66. The van der Waals surface area contributed by atoms with Crippen molar-refractivity contribution in [1.29, 1.82) is 0 Å². The monoisotopic (exact) mass is 338 g/mol. The summed E-state index contributed by atoms with van der Waals surface area (Å²) in [5, 5.41) is 3.01. The fraction of sp³-hybridized carbons (Fsp3) is 0.300. The number of amides is 1. The van der Waals surface area contributed by atoms with Crippen LogP contribution >= 0.6 is 0 Å². The Kier molecular flexibility index (Phi) is 5.33. The first-order valence-corrected chi connectivity index (χ1v) is 8.47. The fourth-order valence-corrected chi connectivity index (χ4v) is 3.20. The Morgan fingerprint density at radius 3 is 2.44 bits per heavy atom. The Bertz CT molecular complexity index is 728. The lowest BCUT2D eigenvalue weighted by Crippen LogP contribution is -2.40. The van der Waals surface area contributed by atoms with Gasteiger partial charge in [-0.15, -0.1) is 0 Å². The van der Waals surface area contributed by atoms with Gasteiger partial charge >= 0.3 is 5.97 Å². The highest BCUT2D eigenvalue weighted by Gasteiger charge is 2.25. The summed E-state index contributed by atoms with van der Waals surface area (Å²) in [7, 11) is 1.34. The molecule has 0 spiro atoms. The Labute approximate surface area is 147 Å². The molecule has 3 rings (SSSR count). The summed E-state index contributed by atoms with van der Waals surface area (Å²) in [5.41, 5.74) is 2.17. The number of ether oxygens (including phenoxy) is 1. The molecule has 1 saturated heterocycles. The van der Waals surface area contributed by atoms with Crippen LogP contribution in [0.5, 0.6) is 0 Å². The van der Waals surface area contributed by atoms with E-state index < -0.39 is 5.97 Å². The number of benzene rings is 2. The number of hydrogen-bond acceptors (Lipinski definition) is 4. The number of nitrogens with zero attached hydrogens (tertiary/aromatic N) is 1. The normalized spacial score (nSPS) is 16.5. The van der Waals surface area contributed by atoms with Gasteiger partial charge in [0.15, 0.2) is 0 Å². The van der Waals surface area contributed by atoms with Crippen LogP contribution in [0.4, 0.5) is 5.69 Å². The van der Waals surface area contributed by atoms with E-state index in [2.05, 4.69) is 27.1 Å². The molecule has 25 heavy (non-hydrogen) atoms. The van der Waals surface area contributed by atoms with Gasteiger partial charge in [0.1, 0.15) is 0 Å². The zero-order valence-electron chi connectivity index (χ0n) is 14.3. The number of esters is 1. The zero-order valence-corrected chi connectivity index (χ0v) is 14.3. The van der Waals surface area contributed by atoms with Crippen molar-refractivity contribution in [2.75, 3.05) is 25.1 Å². The number of anilines is 1. The first kappa shape index (κ1) is 17.0. The molecule has 1 aliphatic heterocycles. The summed E-state index contributed by atoms with van der Waals surface area (Å²) >= 11 is 0. The van der Waals surface area contributed by atoms with Crippen LogP contribution in [0.3, 0.4) is 0 Å². The van der Waals surface area contributed by atoms with E-state index in [0.717, 1.165) is 19.4 Å². The molecule has 0 aromatic heterocycles. The molecule has 2 aromatic carbocycles. The number of hydrogen-bond donors (Lipinski definition) is 1. The lowest BCUT2D eigenvalue weighted by atomic mass is 10.1. The van der Waals surface area contributed by atoms with Gasteiger partial charge in [-0.25, -0.2) is 4.79 Å². The number of methoxy groups -OCH3 is 1. The highest BCUT2D eigenvalue weighted by Crippen LogP contribution is 2.24. The van der Waals surface area contributed by atoms with Crippen LogP contribution in [0.15, 0.2) is 54.6 Å². The first-order chi connectivity index (χ1) is 12.2. The predicted octanol–water partition coefficient (Wildman–Crippen LogP) is 2.87. The van der Waals surface area contributed by atoms with E-state index >= 15 is 0 Å². The van der Waals surface area contributed by atoms with Gasteiger partial charge in [0.25, 0.3) is 5.91 Å². The van der Waals surface area contributed by atoms with Crippen molar-refractivity contribution >= 4 is 17.6 Å². The molecule has 5 heteroatoms. The fourth-order valence-electron chi connectivity index (χ4n) is 3.20. The molecule has 1 amide bonds. The van der Waals surface area contributed by atoms with Crippen molar-refractivity contribution in [2.45, 2.75) is 18.9 Å². The molecule has 1 heterocycles. The molecule has 1 atom stereocenters. The third-order valence-electron chi connectivity index (χ3n) is 4.53. The van der Waals surface area contributed by atoms with Crippen LogP contribution in [-0.2, 0) is 4.74 Å². The van der Waals surface area contributed by atoms with E-state index in [0.29, 0.717) is 23.7 Å². The molecule has 2 aromatic rings. The topological polar surface area (TPSA) is 58.6 Å². The largest absolute Gasteiger partial charge is 0.465 e. The molecule has 0 aliphatic carbocycles. The molecule has 130 valence electrons. The van der Waals surface area contributed by atoms with Gasteiger partial charge in [-0.1, -0.05) is 18.2 Å². The smallest absolute Gasteiger partial charge is 0.337 e. The third kappa shape index (κ3) is 3.99. The van der Waals surface area contributed by atoms with Gasteiger partial charge in [-0.2, -0.15) is 0 Å². The van der Waals surface area contributed by atoms with Crippen LogP contribution in [0, 0.1) is 0 Å². The maximum absolute atomic E-state index is 12.3. The molecular weight excluding hydrogens is 316 g/mol. The van der Waals surface area contributed by atoms with E-state index in [1.54, 1.807) is 24.3 Å². The highest BCUT2D eigenvalue weighted by molar-refractivity contribution is 5.96. The van der Waals surface area contributed by atoms with E-state index in [-0.39, 0.29) is 5.91 Å². The number of rotatable bonds is 5. The Balaban J connectivity index is 1.59. The molecule has 0 saturated carbocycles.